The highest BCUT2D eigenvalue weighted by Gasteiger charge is 2.32. The van der Waals surface area contributed by atoms with Crippen LogP contribution in [-0.2, 0) is 6.18 Å². The van der Waals surface area contributed by atoms with Crippen LogP contribution in [0.1, 0.15) is 34.7 Å². The molecule has 0 aliphatic heterocycles. The van der Waals surface area contributed by atoms with E-state index in [4.69, 9.17) is 0 Å². The maximum atomic E-state index is 13.1. The van der Waals surface area contributed by atoms with Gasteiger partial charge in [-0.1, -0.05) is 15.9 Å². The largest absolute Gasteiger partial charge is 0.483 e. The van der Waals surface area contributed by atoms with Crippen LogP contribution in [0.5, 0.6) is 5.75 Å². The van der Waals surface area contributed by atoms with Gasteiger partial charge in [-0.15, -0.1) is 5.10 Å². The van der Waals surface area contributed by atoms with Crippen molar-refractivity contribution in [1.82, 2.24) is 25.1 Å². The highest BCUT2D eigenvalue weighted by atomic mass is 79.9. The molecule has 7 nitrogen and oxygen atoms in total. The van der Waals surface area contributed by atoms with Gasteiger partial charge in [0.2, 0.25) is 4.73 Å². The number of alkyl halides is 6. The summed E-state index contributed by atoms with van der Waals surface area (Å²) in [4.78, 5) is 20.8. The Morgan fingerprint density at radius 2 is 1.85 bits per heavy atom. The predicted octanol–water partition coefficient (Wildman–Crippen LogP) is 5.64. The molecule has 0 aliphatic rings. The number of rotatable bonds is 6. The summed E-state index contributed by atoms with van der Waals surface area (Å²) in [5.74, 6) is -0.620. The Bertz CT molecular complexity index is 1180. The SMILES string of the molecule is CC(NC(=O)c1cc(Br)cc(C(F)(F)F)c1)c1nc(Br)nn1-c1ccc(OCC(F)(F)F)cn1. The van der Waals surface area contributed by atoms with E-state index >= 15 is 0 Å². The molecule has 0 radical (unpaired) electrons. The standard InChI is InChI=1S/C19H13Br2F6N5O2/c1-9(29-16(33)10-4-11(19(25,26)27)6-12(20)5-10)15-30-17(21)31-32(15)14-3-2-13(7-28-14)34-8-18(22,23)24/h2-7,9H,8H2,1H3,(H,29,33). The lowest BCUT2D eigenvalue weighted by atomic mass is 10.1. The van der Waals surface area contributed by atoms with E-state index in [1.807, 2.05) is 0 Å². The van der Waals surface area contributed by atoms with Crippen LogP contribution in [0, 0.1) is 0 Å². The summed E-state index contributed by atoms with van der Waals surface area (Å²) in [6, 6.07) is 4.53. The van der Waals surface area contributed by atoms with Crippen molar-refractivity contribution < 1.29 is 35.9 Å². The molecular formula is C19H13Br2F6N5O2. The molecule has 1 N–H and O–H groups in total. The number of aromatic nitrogens is 4. The number of hydrogen-bond acceptors (Lipinski definition) is 5. The van der Waals surface area contributed by atoms with Crippen molar-refractivity contribution in [3.05, 3.63) is 62.7 Å². The molecule has 15 heteroatoms. The van der Waals surface area contributed by atoms with Crippen LogP contribution in [0.2, 0.25) is 0 Å². The van der Waals surface area contributed by atoms with E-state index in [0.29, 0.717) is 6.07 Å². The molecule has 1 atom stereocenters. The average Bonchev–Trinajstić information content (AvgIpc) is 3.13. The summed E-state index contributed by atoms with van der Waals surface area (Å²) < 4.78 is 82.1. The fourth-order valence-corrected chi connectivity index (χ4v) is 3.56. The molecule has 0 bridgehead atoms. The van der Waals surface area contributed by atoms with Crippen molar-refractivity contribution in [2.45, 2.75) is 25.3 Å². The molecule has 1 amide bonds. The first-order valence-electron chi connectivity index (χ1n) is 9.20. The molecule has 0 spiro atoms. The van der Waals surface area contributed by atoms with Crippen molar-refractivity contribution in [2.75, 3.05) is 6.61 Å². The summed E-state index contributed by atoms with van der Waals surface area (Å²) in [7, 11) is 0. The van der Waals surface area contributed by atoms with Gasteiger partial charge in [0.15, 0.2) is 18.2 Å². The number of nitrogens with one attached hydrogen (secondary N) is 1. The Kier molecular flexibility index (Phi) is 7.55. The lowest BCUT2D eigenvalue weighted by Gasteiger charge is -2.15. The zero-order chi connectivity index (χ0) is 25.3. The van der Waals surface area contributed by atoms with Crippen molar-refractivity contribution in [3.63, 3.8) is 0 Å². The number of nitrogens with zero attached hydrogens (tertiary/aromatic N) is 4. The first-order chi connectivity index (χ1) is 15.7. The van der Waals surface area contributed by atoms with E-state index in [1.165, 1.54) is 29.8 Å². The maximum Gasteiger partial charge on any atom is 0.422 e. The summed E-state index contributed by atoms with van der Waals surface area (Å²) in [5.41, 5.74) is -1.23. The monoisotopic (exact) mass is 615 g/mol. The van der Waals surface area contributed by atoms with Gasteiger partial charge in [0.25, 0.3) is 5.91 Å². The van der Waals surface area contributed by atoms with Crippen molar-refractivity contribution in [2.24, 2.45) is 0 Å². The minimum atomic E-state index is -4.64. The molecule has 0 aliphatic carbocycles. The van der Waals surface area contributed by atoms with Gasteiger partial charge in [0.1, 0.15) is 5.75 Å². The van der Waals surface area contributed by atoms with Crippen molar-refractivity contribution in [3.8, 4) is 11.6 Å². The van der Waals surface area contributed by atoms with E-state index in [1.54, 1.807) is 0 Å². The topological polar surface area (TPSA) is 81.9 Å². The van der Waals surface area contributed by atoms with Gasteiger partial charge < -0.3 is 10.1 Å². The Balaban J connectivity index is 1.80. The second kappa shape index (κ2) is 9.90. The van der Waals surface area contributed by atoms with E-state index < -0.39 is 36.5 Å². The molecule has 1 aromatic carbocycles. The Morgan fingerprint density at radius 1 is 1.15 bits per heavy atom. The second-order valence-electron chi connectivity index (χ2n) is 6.83. The van der Waals surface area contributed by atoms with Crippen LogP contribution >= 0.6 is 31.9 Å². The predicted molar refractivity (Wildman–Crippen MR) is 113 cm³/mol. The third kappa shape index (κ3) is 6.68. The van der Waals surface area contributed by atoms with Gasteiger partial charge in [-0.2, -0.15) is 31.0 Å². The van der Waals surface area contributed by atoms with Gasteiger partial charge in [-0.25, -0.2) is 9.97 Å². The summed E-state index contributed by atoms with van der Waals surface area (Å²) in [5, 5.41) is 6.63. The molecule has 2 aromatic heterocycles. The number of benzene rings is 1. The van der Waals surface area contributed by atoms with E-state index in [9.17, 15) is 31.1 Å². The van der Waals surface area contributed by atoms with Gasteiger partial charge in [0, 0.05) is 10.0 Å². The number of ether oxygens (including phenoxy) is 1. The fourth-order valence-electron chi connectivity index (χ4n) is 2.72. The van der Waals surface area contributed by atoms with Gasteiger partial charge in [-0.05, 0) is 53.2 Å². The molecule has 0 saturated heterocycles. The Morgan fingerprint density at radius 3 is 2.44 bits per heavy atom. The second-order valence-corrected chi connectivity index (χ2v) is 8.45. The molecule has 182 valence electrons. The Hall–Kier alpha value is -2.68. The highest BCUT2D eigenvalue weighted by Crippen LogP contribution is 2.32. The number of carbonyl (C=O) groups is 1. The maximum absolute atomic E-state index is 13.1. The summed E-state index contributed by atoms with van der Waals surface area (Å²) >= 11 is 6.06. The first-order valence-corrected chi connectivity index (χ1v) is 10.8. The molecule has 2 heterocycles. The number of carbonyl (C=O) groups excluding carboxylic acids is 1. The first kappa shape index (κ1) is 25.9. The lowest BCUT2D eigenvalue weighted by Crippen LogP contribution is -2.29. The van der Waals surface area contributed by atoms with Crippen LogP contribution in [0.15, 0.2) is 45.7 Å². The molecule has 3 rings (SSSR count). The van der Waals surface area contributed by atoms with Crippen LogP contribution in [-0.4, -0.2) is 38.4 Å². The third-order valence-corrected chi connectivity index (χ3v) is 4.96. The number of hydrogen-bond donors (Lipinski definition) is 1. The summed E-state index contributed by atoms with van der Waals surface area (Å²) in [6.45, 7) is 0.0389. The molecule has 0 saturated carbocycles. The van der Waals surface area contributed by atoms with Gasteiger partial charge in [0.05, 0.1) is 17.8 Å². The van der Waals surface area contributed by atoms with E-state index in [0.717, 1.165) is 12.3 Å². The molecule has 3 aromatic rings. The summed E-state index contributed by atoms with van der Waals surface area (Å²) in [6.07, 6.45) is -8.09. The van der Waals surface area contributed by atoms with Crippen molar-refractivity contribution >= 4 is 37.8 Å². The normalized spacial score (nSPS) is 13.0. The van der Waals surface area contributed by atoms with Crippen LogP contribution in [0.4, 0.5) is 26.3 Å². The average molecular weight is 617 g/mol. The number of pyridine rings is 1. The van der Waals surface area contributed by atoms with E-state index in [-0.39, 0.29) is 32.2 Å². The third-order valence-electron chi connectivity index (χ3n) is 4.17. The van der Waals surface area contributed by atoms with Crippen molar-refractivity contribution in [1.29, 1.82) is 0 Å². The number of halogens is 8. The molecule has 34 heavy (non-hydrogen) atoms. The Labute approximate surface area is 204 Å². The smallest absolute Gasteiger partial charge is 0.422 e. The van der Waals surface area contributed by atoms with E-state index in [2.05, 4.69) is 57.0 Å². The zero-order valence-electron chi connectivity index (χ0n) is 16.9. The highest BCUT2D eigenvalue weighted by molar-refractivity contribution is 9.10. The van der Waals surface area contributed by atoms with Gasteiger partial charge in [-0.3, -0.25) is 4.79 Å². The fraction of sp³-hybridized carbons (Fsp3) is 0.263. The van der Waals surface area contributed by atoms with Gasteiger partial charge >= 0.3 is 12.4 Å². The minimum absolute atomic E-state index is 0.0723. The van der Waals surface area contributed by atoms with Crippen LogP contribution in [0.25, 0.3) is 5.82 Å². The quantitative estimate of drug-likeness (QED) is 0.363. The van der Waals surface area contributed by atoms with Crippen LogP contribution in [0.3, 0.4) is 0 Å². The number of amides is 1. The molecule has 1 unspecified atom stereocenters. The van der Waals surface area contributed by atoms with Crippen LogP contribution < -0.4 is 10.1 Å². The molecule has 0 fully saturated rings. The zero-order valence-corrected chi connectivity index (χ0v) is 20.0. The lowest BCUT2D eigenvalue weighted by molar-refractivity contribution is -0.153. The minimum Gasteiger partial charge on any atom is -0.483 e. The molecular weight excluding hydrogens is 604 g/mol.